The van der Waals surface area contributed by atoms with Crippen LogP contribution in [0.3, 0.4) is 0 Å². The van der Waals surface area contributed by atoms with E-state index in [4.69, 9.17) is 11.0 Å². The Morgan fingerprint density at radius 2 is 2.31 bits per heavy atom. The van der Waals surface area contributed by atoms with Crippen molar-refractivity contribution in [3.8, 4) is 6.07 Å². The summed E-state index contributed by atoms with van der Waals surface area (Å²) >= 11 is 1.33. The maximum Gasteiger partial charge on any atom is 0.192 e. The van der Waals surface area contributed by atoms with Gasteiger partial charge in [-0.1, -0.05) is 0 Å². The number of hydrogen-bond donors (Lipinski definition) is 1. The van der Waals surface area contributed by atoms with Gasteiger partial charge in [-0.3, -0.25) is 0 Å². The smallest absolute Gasteiger partial charge is 0.192 e. The Morgan fingerprint density at radius 3 is 2.94 bits per heavy atom. The number of pyridine rings is 1. The van der Waals surface area contributed by atoms with Gasteiger partial charge in [0.25, 0.3) is 0 Å². The van der Waals surface area contributed by atoms with Gasteiger partial charge in [-0.15, -0.1) is 0 Å². The number of nitrogens with zero attached hydrogens (tertiary/aromatic N) is 5. The largest absolute Gasteiger partial charge is 0.396 e. The van der Waals surface area contributed by atoms with Gasteiger partial charge in [0.15, 0.2) is 10.9 Å². The van der Waals surface area contributed by atoms with Crippen LogP contribution in [0.25, 0.3) is 0 Å². The molecule has 0 aliphatic heterocycles. The highest BCUT2D eigenvalue weighted by molar-refractivity contribution is 7.99. The molecule has 2 N–H and O–H groups in total. The van der Waals surface area contributed by atoms with Gasteiger partial charge in [0.05, 0.1) is 5.69 Å². The van der Waals surface area contributed by atoms with Crippen LogP contribution in [-0.2, 0) is 7.05 Å². The lowest BCUT2D eigenvalue weighted by Crippen LogP contribution is -1.96. The van der Waals surface area contributed by atoms with Crippen molar-refractivity contribution in [1.29, 1.82) is 5.26 Å². The summed E-state index contributed by atoms with van der Waals surface area (Å²) in [4.78, 5) is 8.15. The van der Waals surface area contributed by atoms with Crippen LogP contribution < -0.4 is 5.73 Å². The van der Waals surface area contributed by atoms with Crippen LogP contribution in [0.4, 0.5) is 5.69 Å². The predicted octanol–water partition coefficient (Wildman–Crippen LogP) is 0.815. The number of aryl methyl sites for hydroxylation is 1. The maximum absolute atomic E-state index is 8.79. The van der Waals surface area contributed by atoms with Crippen LogP contribution in [-0.4, -0.2) is 19.7 Å². The first-order valence-corrected chi connectivity index (χ1v) is 5.21. The van der Waals surface area contributed by atoms with Gasteiger partial charge in [0.1, 0.15) is 17.4 Å². The molecule has 0 saturated carbocycles. The molecular weight excluding hydrogens is 224 g/mol. The molecule has 0 radical (unpaired) electrons. The van der Waals surface area contributed by atoms with Crippen LogP contribution in [0.5, 0.6) is 0 Å². The molecule has 0 aliphatic rings. The molecule has 0 saturated heterocycles. The minimum atomic E-state index is 0.229. The molecular formula is C9H8N6S. The van der Waals surface area contributed by atoms with Gasteiger partial charge >= 0.3 is 0 Å². The van der Waals surface area contributed by atoms with E-state index < -0.39 is 0 Å². The van der Waals surface area contributed by atoms with Crippen LogP contribution in [0.2, 0.25) is 0 Å². The van der Waals surface area contributed by atoms with Crippen molar-refractivity contribution < 1.29 is 0 Å². The van der Waals surface area contributed by atoms with Crippen molar-refractivity contribution in [2.24, 2.45) is 7.05 Å². The second kappa shape index (κ2) is 4.20. The van der Waals surface area contributed by atoms with Crippen molar-refractivity contribution in [3.05, 3.63) is 24.2 Å². The monoisotopic (exact) mass is 232 g/mol. The number of hydrogen-bond acceptors (Lipinski definition) is 6. The normalized spacial score (nSPS) is 10.0. The molecule has 80 valence electrons. The summed E-state index contributed by atoms with van der Waals surface area (Å²) in [7, 11) is 1.79. The lowest BCUT2D eigenvalue weighted by molar-refractivity contribution is 0.684. The number of nitriles is 1. The van der Waals surface area contributed by atoms with E-state index in [0.717, 1.165) is 0 Å². The third-order valence-corrected chi connectivity index (χ3v) is 2.86. The molecule has 2 aromatic rings. The highest BCUT2D eigenvalue weighted by atomic mass is 32.2. The Hall–Kier alpha value is -2.07. The molecule has 0 aromatic carbocycles. The van der Waals surface area contributed by atoms with Crippen molar-refractivity contribution in [3.63, 3.8) is 0 Å². The van der Waals surface area contributed by atoms with Gasteiger partial charge < -0.3 is 5.73 Å². The van der Waals surface area contributed by atoms with E-state index in [-0.39, 0.29) is 5.69 Å². The SMILES string of the molecule is Cn1ncnc1Sc1ccc(N)c(C#N)n1. The molecule has 0 amide bonds. The molecule has 0 fully saturated rings. The Kier molecular flexibility index (Phi) is 2.74. The average molecular weight is 232 g/mol. The Morgan fingerprint density at radius 1 is 1.50 bits per heavy atom. The Bertz CT molecular complexity index is 555. The first kappa shape index (κ1) is 10.4. The summed E-state index contributed by atoms with van der Waals surface area (Å²) in [6, 6.07) is 5.34. The molecule has 0 aliphatic carbocycles. The zero-order chi connectivity index (χ0) is 11.5. The van der Waals surface area contributed by atoms with Gasteiger partial charge in [-0.25, -0.2) is 14.6 Å². The van der Waals surface area contributed by atoms with Crippen LogP contribution >= 0.6 is 11.8 Å². The molecule has 2 heterocycles. The third kappa shape index (κ3) is 1.97. The number of rotatable bonds is 2. The van der Waals surface area contributed by atoms with Gasteiger partial charge in [0.2, 0.25) is 0 Å². The van der Waals surface area contributed by atoms with E-state index in [1.165, 1.54) is 18.1 Å². The quantitative estimate of drug-likeness (QED) is 0.823. The molecule has 16 heavy (non-hydrogen) atoms. The molecule has 7 heteroatoms. The van der Waals surface area contributed by atoms with Crippen molar-refractivity contribution in [2.45, 2.75) is 10.2 Å². The number of nitrogens with two attached hydrogens (primary N) is 1. The fraction of sp³-hybridized carbons (Fsp3) is 0.111. The minimum absolute atomic E-state index is 0.229. The lowest BCUT2D eigenvalue weighted by atomic mass is 10.3. The number of nitrogen functional groups attached to an aromatic ring is 1. The molecule has 0 spiro atoms. The highest BCUT2D eigenvalue weighted by Crippen LogP contribution is 2.24. The zero-order valence-electron chi connectivity index (χ0n) is 8.45. The summed E-state index contributed by atoms with van der Waals surface area (Å²) < 4.78 is 1.63. The van der Waals surface area contributed by atoms with E-state index in [9.17, 15) is 0 Å². The van der Waals surface area contributed by atoms with E-state index in [2.05, 4.69) is 15.1 Å². The van der Waals surface area contributed by atoms with Crippen molar-refractivity contribution >= 4 is 17.4 Å². The molecule has 0 unspecified atom stereocenters. The maximum atomic E-state index is 8.79. The predicted molar refractivity (Wildman–Crippen MR) is 58.5 cm³/mol. The second-order valence-electron chi connectivity index (χ2n) is 2.97. The van der Waals surface area contributed by atoms with Crippen molar-refractivity contribution in [1.82, 2.24) is 19.7 Å². The summed E-state index contributed by atoms with van der Waals surface area (Å²) in [5, 5.41) is 14.1. The molecule has 0 bridgehead atoms. The third-order valence-electron chi connectivity index (χ3n) is 1.87. The summed E-state index contributed by atoms with van der Waals surface area (Å²) in [5.74, 6) is 0. The Balaban J connectivity index is 2.30. The summed E-state index contributed by atoms with van der Waals surface area (Å²) in [6.45, 7) is 0. The topological polar surface area (TPSA) is 93.4 Å². The zero-order valence-corrected chi connectivity index (χ0v) is 9.27. The van der Waals surface area contributed by atoms with E-state index in [1.807, 2.05) is 6.07 Å². The minimum Gasteiger partial charge on any atom is -0.396 e. The van der Waals surface area contributed by atoms with E-state index in [1.54, 1.807) is 23.9 Å². The number of anilines is 1. The average Bonchev–Trinajstić information content (AvgIpc) is 2.67. The molecule has 6 nitrogen and oxygen atoms in total. The fourth-order valence-corrected chi connectivity index (χ4v) is 1.81. The van der Waals surface area contributed by atoms with Crippen molar-refractivity contribution in [2.75, 3.05) is 5.73 Å². The molecule has 2 rings (SSSR count). The first-order chi connectivity index (χ1) is 7.70. The second-order valence-corrected chi connectivity index (χ2v) is 3.95. The Labute approximate surface area is 96.1 Å². The van der Waals surface area contributed by atoms with E-state index >= 15 is 0 Å². The highest BCUT2D eigenvalue weighted by Gasteiger charge is 2.07. The van der Waals surface area contributed by atoms with Crippen LogP contribution in [0, 0.1) is 11.3 Å². The summed E-state index contributed by atoms with van der Waals surface area (Å²) in [6.07, 6.45) is 1.46. The number of aromatic nitrogens is 4. The molecule has 2 aromatic heterocycles. The van der Waals surface area contributed by atoms with Gasteiger partial charge in [-0.2, -0.15) is 10.4 Å². The summed E-state index contributed by atoms with van der Waals surface area (Å²) in [5.41, 5.74) is 6.18. The lowest BCUT2D eigenvalue weighted by Gasteiger charge is -2.01. The first-order valence-electron chi connectivity index (χ1n) is 4.39. The van der Waals surface area contributed by atoms with Crippen LogP contribution in [0.15, 0.2) is 28.6 Å². The molecule has 0 atom stereocenters. The fourth-order valence-electron chi connectivity index (χ4n) is 1.07. The van der Waals surface area contributed by atoms with Gasteiger partial charge in [-0.05, 0) is 23.9 Å². The standard InChI is InChI=1S/C9H8N6S/c1-15-9(12-5-13-15)16-8-3-2-6(11)7(4-10)14-8/h2-3,5H,11H2,1H3. The van der Waals surface area contributed by atoms with Gasteiger partial charge in [0, 0.05) is 7.05 Å². The van der Waals surface area contributed by atoms with Crippen LogP contribution in [0.1, 0.15) is 5.69 Å². The van der Waals surface area contributed by atoms with E-state index in [0.29, 0.717) is 15.9 Å².